The first-order valence-electron chi connectivity index (χ1n) is 7.46. The molecule has 0 saturated heterocycles. The van der Waals surface area contributed by atoms with Crippen molar-refractivity contribution in [2.24, 2.45) is 10.4 Å². The Morgan fingerprint density at radius 3 is 2.48 bits per heavy atom. The second kappa shape index (κ2) is 4.14. The van der Waals surface area contributed by atoms with Gasteiger partial charge in [0.2, 0.25) is 5.36 Å². The Morgan fingerprint density at radius 1 is 0.952 bits per heavy atom. The molecule has 0 aromatic heterocycles. The molecule has 0 aliphatic carbocycles. The normalized spacial score (nSPS) is 19.3. The first kappa shape index (κ1) is 12.5. The van der Waals surface area contributed by atoms with Crippen LogP contribution in [-0.2, 0) is 0 Å². The van der Waals surface area contributed by atoms with Gasteiger partial charge in [0.1, 0.15) is 5.36 Å². The van der Waals surface area contributed by atoms with Crippen molar-refractivity contribution in [1.29, 1.82) is 0 Å². The van der Waals surface area contributed by atoms with E-state index in [-0.39, 0.29) is 11.6 Å². The molecule has 0 N–H and O–H groups in total. The summed E-state index contributed by atoms with van der Waals surface area (Å²) in [5.41, 5.74) is 4.00. The zero-order chi connectivity index (χ0) is 14.6. The number of nitrogens with zero attached hydrogens (tertiary/aromatic N) is 2. The number of allylic oxidation sites excluding steroid dienone is 1. The molecule has 2 aliphatic rings. The Kier molecular flexibility index (Phi) is 2.47. The van der Waals surface area contributed by atoms with Crippen molar-refractivity contribution in [3.63, 3.8) is 0 Å². The Morgan fingerprint density at radius 2 is 1.67 bits per heavy atom. The minimum atomic E-state index is 0.0813. The summed E-state index contributed by atoms with van der Waals surface area (Å²) in [6, 6.07) is 17.0. The summed E-state index contributed by atoms with van der Waals surface area (Å²) in [5, 5.41) is 2.31. The lowest BCUT2D eigenvalue weighted by Crippen LogP contribution is -2.39. The molecule has 104 valence electrons. The highest BCUT2D eigenvalue weighted by Crippen LogP contribution is 2.37. The molecule has 1 unspecified atom stereocenters. The minimum Gasteiger partial charge on any atom is -0.206 e. The second-order valence-electron chi connectivity index (χ2n) is 6.77. The van der Waals surface area contributed by atoms with Gasteiger partial charge < -0.3 is 0 Å². The van der Waals surface area contributed by atoms with Gasteiger partial charge in [0.05, 0.1) is 5.56 Å². The minimum absolute atomic E-state index is 0.0813. The molecule has 0 bridgehead atoms. The maximum absolute atomic E-state index is 4.96. The molecule has 0 amide bonds. The molecule has 1 atom stereocenters. The number of benzene rings is 2. The number of para-hydroxylation sites is 2. The van der Waals surface area contributed by atoms with Crippen LogP contribution in [0.15, 0.2) is 59.2 Å². The van der Waals surface area contributed by atoms with E-state index in [1.165, 1.54) is 22.2 Å². The fourth-order valence-corrected chi connectivity index (χ4v) is 3.24. The summed E-state index contributed by atoms with van der Waals surface area (Å²) < 4.78 is 2.40. The highest BCUT2D eigenvalue weighted by molar-refractivity contribution is 5.62. The zero-order valence-electron chi connectivity index (χ0n) is 12.7. The van der Waals surface area contributed by atoms with Crippen molar-refractivity contribution in [1.82, 2.24) is 4.58 Å². The van der Waals surface area contributed by atoms with Crippen molar-refractivity contribution in [2.45, 2.75) is 26.9 Å². The third kappa shape index (κ3) is 1.79. The highest BCUT2D eigenvalue weighted by atomic mass is 15.2. The van der Waals surface area contributed by atoms with E-state index in [9.17, 15) is 0 Å². The second-order valence-corrected chi connectivity index (χ2v) is 6.77. The van der Waals surface area contributed by atoms with E-state index in [1.54, 1.807) is 0 Å². The van der Waals surface area contributed by atoms with E-state index in [2.05, 4.69) is 80.0 Å². The lowest BCUT2D eigenvalue weighted by Gasteiger charge is -2.25. The Bertz CT molecular complexity index is 882. The van der Waals surface area contributed by atoms with E-state index >= 15 is 0 Å². The molecule has 4 rings (SSSR count). The predicted molar refractivity (Wildman–Crippen MR) is 85.1 cm³/mol. The van der Waals surface area contributed by atoms with Crippen LogP contribution >= 0.6 is 0 Å². The van der Waals surface area contributed by atoms with Gasteiger partial charge in [0.25, 0.3) is 6.17 Å². The Hall–Kier alpha value is -2.22. The van der Waals surface area contributed by atoms with Crippen LogP contribution in [-0.4, -0.2) is 0 Å². The molecule has 0 radical (unpaired) electrons. The number of fused-ring (bicyclic) bond motifs is 4. The largest absolute Gasteiger partial charge is 0.279 e. The molecule has 2 heterocycles. The van der Waals surface area contributed by atoms with Crippen LogP contribution in [0.5, 0.6) is 0 Å². The monoisotopic (exact) mass is 275 g/mol. The van der Waals surface area contributed by atoms with Crippen LogP contribution in [0.3, 0.4) is 0 Å². The fourth-order valence-electron chi connectivity index (χ4n) is 3.24. The lowest BCUT2D eigenvalue weighted by molar-refractivity contribution is 0.398. The van der Waals surface area contributed by atoms with Crippen LogP contribution in [0.25, 0.3) is 6.08 Å². The van der Waals surface area contributed by atoms with Gasteiger partial charge in [-0.15, -0.1) is 0 Å². The third-order valence-corrected chi connectivity index (χ3v) is 4.24. The third-order valence-electron chi connectivity index (χ3n) is 4.24. The van der Waals surface area contributed by atoms with Crippen molar-refractivity contribution >= 4 is 6.08 Å². The van der Waals surface area contributed by atoms with E-state index in [0.29, 0.717) is 0 Å². The van der Waals surface area contributed by atoms with Gasteiger partial charge in [-0.3, -0.25) is 0 Å². The van der Waals surface area contributed by atoms with E-state index in [0.717, 1.165) is 5.36 Å². The van der Waals surface area contributed by atoms with Gasteiger partial charge in [-0.25, -0.2) is 4.99 Å². The SMILES string of the molecule is CC(C)(C)C1=Cc2ccccc2C2N=c3ccccc3=[N+]12. The lowest BCUT2D eigenvalue weighted by atomic mass is 9.86. The van der Waals surface area contributed by atoms with Crippen LogP contribution in [0.2, 0.25) is 0 Å². The molecule has 21 heavy (non-hydrogen) atoms. The molecule has 0 fully saturated rings. The van der Waals surface area contributed by atoms with Crippen molar-refractivity contribution in [3.05, 3.63) is 76.1 Å². The Balaban J connectivity index is 2.13. The number of hydrogen-bond donors (Lipinski definition) is 0. The molecule has 2 aliphatic heterocycles. The van der Waals surface area contributed by atoms with Crippen molar-refractivity contribution < 1.29 is 0 Å². The summed E-state index contributed by atoms with van der Waals surface area (Å²) in [7, 11) is 0. The van der Waals surface area contributed by atoms with Crippen molar-refractivity contribution in [3.8, 4) is 0 Å². The Labute approximate surface area is 124 Å². The topological polar surface area (TPSA) is 15.4 Å². The summed E-state index contributed by atoms with van der Waals surface area (Å²) >= 11 is 0. The molecular weight excluding hydrogens is 256 g/mol. The van der Waals surface area contributed by atoms with Gasteiger partial charge in [0.15, 0.2) is 5.70 Å². The van der Waals surface area contributed by atoms with Gasteiger partial charge in [-0.05, 0) is 17.7 Å². The number of rotatable bonds is 0. The summed E-state index contributed by atoms with van der Waals surface area (Å²) in [5.74, 6) is 0. The van der Waals surface area contributed by atoms with Gasteiger partial charge in [-0.2, -0.15) is 4.58 Å². The standard InChI is InChI=1S/C19H19N2/c1-19(2,3)17-12-13-8-4-5-9-14(13)18-20-15-10-6-7-11-16(15)21(17)18/h4-12,18H,1-3H3/q+1. The molecule has 0 spiro atoms. The molecule has 0 saturated carbocycles. The molecule has 2 aromatic rings. The van der Waals surface area contributed by atoms with E-state index in [1.807, 2.05) is 0 Å². The van der Waals surface area contributed by atoms with E-state index in [4.69, 9.17) is 4.99 Å². The maximum Gasteiger partial charge on any atom is 0.279 e. The van der Waals surface area contributed by atoms with Crippen molar-refractivity contribution in [2.75, 3.05) is 0 Å². The average molecular weight is 275 g/mol. The molecular formula is C19H19N2+. The average Bonchev–Trinajstić information content (AvgIpc) is 2.85. The smallest absolute Gasteiger partial charge is 0.206 e. The molecule has 2 aromatic carbocycles. The van der Waals surface area contributed by atoms with Gasteiger partial charge in [-0.1, -0.05) is 51.1 Å². The summed E-state index contributed by atoms with van der Waals surface area (Å²) in [4.78, 5) is 4.96. The maximum atomic E-state index is 4.96. The van der Waals surface area contributed by atoms with Crippen LogP contribution < -0.4 is 15.3 Å². The molecule has 2 heteroatoms. The summed E-state index contributed by atoms with van der Waals surface area (Å²) in [6.07, 6.45) is 2.40. The zero-order valence-corrected chi connectivity index (χ0v) is 12.7. The van der Waals surface area contributed by atoms with Gasteiger partial charge >= 0.3 is 0 Å². The quantitative estimate of drug-likeness (QED) is 0.657. The van der Waals surface area contributed by atoms with Crippen LogP contribution in [0, 0.1) is 5.41 Å². The van der Waals surface area contributed by atoms with Gasteiger partial charge in [0, 0.05) is 17.6 Å². The van der Waals surface area contributed by atoms with Crippen LogP contribution in [0.1, 0.15) is 38.1 Å². The number of hydrogen-bond acceptors (Lipinski definition) is 1. The fraction of sp³-hybridized carbons (Fsp3) is 0.263. The predicted octanol–water partition coefficient (Wildman–Crippen LogP) is 2.91. The van der Waals surface area contributed by atoms with Crippen LogP contribution in [0.4, 0.5) is 0 Å². The molecule has 2 nitrogen and oxygen atoms in total. The first-order chi connectivity index (χ1) is 10.1. The van der Waals surface area contributed by atoms with E-state index < -0.39 is 0 Å². The highest BCUT2D eigenvalue weighted by Gasteiger charge is 2.41. The first-order valence-corrected chi connectivity index (χ1v) is 7.46. The summed E-state index contributed by atoms with van der Waals surface area (Å²) in [6.45, 7) is 6.81.